The molecule has 5 heteroatoms. The molecule has 0 spiro atoms. The van der Waals surface area contributed by atoms with Crippen molar-refractivity contribution < 1.29 is 4.92 Å². The molecule has 104 valence electrons. The molecule has 0 atom stereocenters. The van der Waals surface area contributed by atoms with Crippen molar-refractivity contribution in [2.45, 2.75) is 44.0 Å². The van der Waals surface area contributed by atoms with Crippen LogP contribution in [0.25, 0.3) is 0 Å². The number of alkyl halides is 1. The maximum absolute atomic E-state index is 11.0. The minimum Gasteiger partial charge on any atom is -0.369 e. The molecular weight excluding hydrogens is 308 g/mol. The molecule has 0 unspecified atom stereocenters. The fourth-order valence-corrected chi connectivity index (χ4v) is 2.72. The van der Waals surface area contributed by atoms with Gasteiger partial charge in [-0.3, -0.25) is 10.1 Å². The predicted molar refractivity (Wildman–Crippen MR) is 81.0 cm³/mol. The Morgan fingerprint density at radius 2 is 2.21 bits per heavy atom. The number of unbranched alkanes of at least 4 members (excludes halogenated alkanes) is 1. The van der Waals surface area contributed by atoms with Crippen LogP contribution in [-0.4, -0.2) is 17.5 Å². The molecule has 0 bridgehead atoms. The monoisotopic (exact) mass is 326 g/mol. The number of nitrogens with zero attached hydrogens (tertiary/aromatic N) is 2. The number of halogens is 1. The first-order chi connectivity index (χ1) is 9.17. The lowest BCUT2D eigenvalue weighted by molar-refractivity contribution is -0.385. The molecule has 1 aromatic carbocycles. The average Bonchev–Trinajstić information content (AvgIpc) is 3.23. The largest absolute Gasteiger partial charge is 0.369 e. The third kappa shape index (κ3) is 3.47. The number of hydrogen-bond donors (Lipinski definition) is 0. The Kier molecular flexibility index (Phi) is 4.80. The van der Waals surface area contributed by atoms with Crippen molar-refractivity contribution in [1.29, 1.82) is 0 Å². The summed E-state index contributed by atoms with van der Waals surface area (Å²) in [5.41, 5.74) is 2.08. The molecule has 0 N–H and O–H groups in total. The standard InChI is InChI=1S/C14H19BrN2O2/c1-2-3-8-16(12-4-5-12)13-6-7-14(17(18)19)11(9-13)10-15/h6-7,9,12H,2-5,8,10H2,1H3. The summed E-state index contributed by atoms with van der Waals surface area (Å²) in [6.45, 7) is 3.23. The van der Waals surface area contributed by atoms with Crippen molar-refractivity contribution >= 4 is 27.3 Å². The molecule has 2 rings (SSSR count). The van der Waals surface area contributed by atoms with Gasteiger partial charge in [0, 0.05) is 35.2 Å². The average molecular weight is 327 g/mol. The van der Waals surface area contributed by atoms with Gasteiger partial charge in [-0.05, 0) is 31.4 Å². The van der Waals surface area contributed by atoms with Gasteiger partial charge in [-0.1, -0.05) is 29.3 Å². The van der Waals surface area contributed by atoms with Gasteiger partial charge in [0.05, 0.1) is 4.92 Å². The van der Waals surface area contributed by atoms with Crippen molar-refractivity contribution in [3.63, 3.8) is 0 Å². The first-order valence-electron chi connectivity index (χ1n) is 6.77. The smallest absolute Gasteiger partial charge is 0.273 e. The summed E-state index contributed by atoms with van der Waals surface area (Å²) >= 11 is 3.34. The van der Waals surface area contributed by atoms with Gasteiger partial charge in [-0.15, -0.1) is 0 Å². The molecule has 0 aromatic heterocycles. The van der Waals surface area contributed by atoms with Crippen LogP contribution in [0.15, 0.2) is 18.2 Å². The lowest BCUT2D eigenvalue weighted by atomic mass is 10.1. The molecule has 0 amide bonds. The van der Waals surface area contributed by atoms with Crippen molar-refractivity contribution in [3.05, 3.63) is 33.9 Å². The first kappa shape index (κ1) is 14.3. The zero-order valence-corrected chi connectivity index (χ0v) is 12.7. The van der Waals surface area contributed by atoms with E-state index in [1.165, 1.54) is 19.3 Å². The number of anilines is 1. The van der Waals surface area contributed by atoms with Crippen molar-refractivity contribution in [3.8, 4) is 0 Å². The summed E-state index contributed by atoms with van der Waals surface area (Å²) in [7, 11) is 0. The van der Waals surface area contributed by atoms with Gasteiger partial charge in [0.25, 0.3) is 5.69 Å². The number of nitro groups is 1. The lowest BCUT2D eigenvalue weighted by Crippen LogP contribution is -2.26. The normalized spacial score (nSPS) is 14.4. The van der Waals surface area contributed by atoms with E-state index in [-0.39, 0.29) is 10.6 Å². The Balaban J connectivity index is 2.24. The highest BCUT2D eigenvalue weighted by atomic mass is 79.9. The summed E-state index contributed by atoms with van der Waals surface area (Å²) in [4.78, 5) is 13.0. The molecule has 0 heterocycles. The Morgan fingerprint density at radius 1 is 1.47 bits per heavy atom. The minimum absolute atomic E-state index is 0.201. The van der Waals surface area contributed by atoms with E-state index in [4.69, 9.17) is 0 Å². The molecule has 19 heavy (non-hydrogen) atoms. The third-order valence-corrected chi connectivity index (χ3v) is 4.08. The lowest BCUT2D eigenvalue weighted by Gasteiger charge is -2.25. The predicted octanol–water partition coefficient (Wildman–Crippen LogP) is 4.26. The zero-order valence-electron chi connectivity index (χ0n) is 11.1. The van der Waals surface area contributed by atoms with Crippen LogP contribution in [-0.2, 0) is 5.33 Å². The second-order valence-electron chi connectivity index (χ2n) is 4.98. The van der Waals surface area contributed by atoms with Crippen LogP contribution in [0.4, 0.5) is 11.4 Å². The molecule has 4 nitrogen and oxygen atoms in total. The van der Waals surface area contributed by atoms with E-state index in [1.807, 2.05) is 12.1 Å². The molecule has 0 saturated heterocycles. The summed E-state index contributed by atoms with van der Waals surface area (Å²) in [5, 5.41) is 11.5. The summed E-state index contributed by atoms with van der Waals surface area (Å²) in [5.74, 6) is 0. The highest BCUT2D eigenvalue weighted by Crippen LogP contribution is 2.34. The van der Waals surface area contributed by atoms with E-state index in [0.717, 1.165) is 24.2 Å². The fourth-order valence-electron chi connectivity index (χ4n) is 2.27. The Labute approximate surface area is 122 Å². The maximum atomic E-state index is 11.0. The zero-order chi connectivity index (χ0) is 13.8. The van der Waals surface area contributed by atoms with Gasteiger partial charge >= 0.3 is 0 Å². The molecule has 0 radical (unpaired) electrons. The van der Waals surface area contributed by atoms with Gasteiger partial charge < -0.3 is 4.90 Å². The summed E-state index contributed by atoms with van der Waals surface area (Å²) in [6, 6.07) is 6.11. The molecule has 1 aliphatic carbocycles. The maximum Gasteiger partial charge on any atom is 0.273 e. The minimum atomic E-state index is -0.312. The van der Waals surface area contributed by atoms with Crippen molar-refractivity contribution in [2.75, 3.05) is 11.4 Å². The Bertz CT molecular complexity index is 461. The molecule has 1 aromatic rings. The molecular formula is C14H19BrN2O2. The second kappa shape index (κ2) is 6.37. The van der Waals surface area contributed by atoms with Crippen LogP contribution in [0, 0.1) is 10.1 Å². The number of hydrogen-bond acceptors (Lipinski definition) is 3. The van der Waals surface area contributed by atoms with E-state index in [9.17, 15) is 10.1 Å². The van der Waals surface area contributed by atoms with E-state index >= 15 is 0 Å². The van der Waals surface area contributed by atoms with Crippen LogP contribution in [0.3, 0.4) is 0 Å². The van der Waals surface area contributed by atoms with Crippen LogP contribution < -0.4 is 4.90 Å². The SMILES string of the molecule is CCCCN(c1ccc([N+](=O)[O-])c(CBr)c1)C1CC1. The van der Waals surface area contributed by atoms with Crippen LogP contribution in [0.1, 0.15) is 38.2 Å². The van der Waals surface area contributed by atoms with Gasteiger partial charge in [0.2, 0.25) is 0 Å². The van der Waals surface area contributed by atoms with E-state index in [2.05, 4.69) is 27.8 Å². The van der Waals surface area contributed by atoms with E-state index in [0.29, 0.717) is 11.4 Å². The highest BCUT2D eigenvalue weighted by molar-refractivity contribution is 9.08. The highest BCUT2D eigenvalue weighted by Gasteiger charge is 2.29. The molecule has 1 aliphatic rings. The Hall–Kier alpha value is -1.10. The van der Waals surface area contributed by atoms with Crippen LogP contribution in [0.2, 0.25) is 0 Å². The second-order valence-corrected chi connectivity index (χ2v) is 5.54. The quantitative estimate of drug-likeness (QED) is 0.427. The fraction of sp³-hybridized carbons (Fsp3) is 0.571. The summed E-state index contributed by atoms with van der Waals surface area (Å²) < 4.78 is 0. The van der Waals surface area contributed by atoms with E-state index in [1.54, 1.807) is 6.07 Å². The van der Waals surface area contributed by atoms with Crippen LogP contribution >= 0.6 is 15.9 Å². The molecule has 1 saturated carbocycles. The molecule has 1 fully saturated rings. The van der Waals surface area contributed by atoms with Gasteiger partial charge in [-0.2, -0.15) is 0 Å². The summed E-state index contributed by atoms with van der Waals surface area (Å²) in [6.07, 6.45) is 4.81. The van der Waals surface area contributed by atoms with Gasteiger partial charge in [0.1, 0.15) is 0 Å². The van der Waals surface area contributed by atoms with Gasteiger partial charge in [0.15, 0.2) is 0 Å². The molecule has 0 aliphatic heterocycles. The third-order valence-electron chi connectivity index (χ3n) is 3.48. The van der Waals surface area contributed by atoms with Crippen molar-refractivity contribution in [1.82, 2.24) is 0 Å². The number of rotatable bonds is 7. The Morgan fingerprint density at radius 3 is 2.74 bits per heavy atom. The number of benzene rings is 1. The van der Waals surface area contributed by atoms with Crippen LogP contribution in [0.5, 0.6) is 0 Å². The number of nitro benzene ring substituents is 1. The van der Waals surface area contributed by atoms with E-state index < -0.39 is 0 Å². The topological polar surface area (TPSA) is 46.4 Å². The first-order valence-corrected chi connectivity index (χ1v) is 7.89. The van der Waals surface area contributed by atoms with Gasteiger partial charge in [-0.25, -0.2) is 0 Å². The van der Waals surface area contributed by atoms with Crippen molar-refractivity contribution in [2.24, 2.45) is 0 Å².